The number of ether oxygens (including phenoxy) is 1. The summed E-state index contributed by atoms with van der Waals surface area (Å²) in [4.78, 5) is 6.29. The molecule has 0 radical (unpaired) electrons. The van der Waals surface area contributed by atoms with Gasteiger partial charge in [-0.3, -0.25) is 0 Å². The quantitative estimate of drug-likeness (QED) is 0.901. The maximum Gasteiger partial charge on any atom is 0.324 e. The van der Waals surface area contributed by atoms with Gasteiger partial charge in [0.2, 0.25) is 0 Å². The van der Waals surface area contributed by atoms with Gasteiger partial charge in [0.05, 0.1) is 26.3 Å². The summed E-state index contributed by atoms with van der Waals surface area (Å²) in [7, 11) is 1.66. The summed E-state index contributed by atoms with van der Waals surface area (Å²) >= 11 is 0. The Balaban J connectivity index is 1.63. The Morgan fingerprint density at radius 2 is 2.10 bits per heavy atom. The minimum Gasteiger partial charge on any atom is -0.497 e. The van der Waals surface area contributed by atoms with Crippen LogP contribution in [0, 0.1) is 0 Å². The van der Waals surface area contributed by atoms with Crippen molar-refractivity contribution in [3.05, 3.63) is 35.7 Å². The molecule has 0 spiro atoms. The van der Waals surface area contributed by atoms with Gasteiger partial charge in [0.25, 0.3) is 0 Å². The van der Waals surface area contributed by atoms with E-state index in [1.165, 1.54) is 5.56 Å². The second-order valence-electron chi connectivity index (χ2n) is 5.45. The molecule has 3 rings (SSSR count). The zero-order valence-corrected chi connectivity index (χ0v) is 12.2. The van der Waals surface area contributed by atoms with Crippen LogP contribution in [0.15, 0.2) is 28.8 Å². The van der Waals surface area contributed by atoms with E-state index in [1.807, 2.05) is 29.2 Å². The number of hydrogen-bond acceptors (Lipinski definition) is 6. The van der Waals surface area contributed by atoms with Crippen LogP contribution in [0.2, 0.25) is 0 Å². The standard InChI is InChI=1S/C15H19N3O3/c1-10(7-11-3-5-13(20-2)6-4-11)14-16-15(21-17-14)18-8-12(19)9-18/h3-6,10,12,19H,7-9H2,1-2H3/t10-/m0/s1. The molecule has 6 heteroatoms. The van der Waals surface area contributed by atoms with Crippen molar-refractivity contribution in [3.63, 3.8) is 0 Å². The molecule has 1 saturated heterocycles. The second-order valence-corrected chi connectivity index (χ2v) is 5.45. The lowest BCUT2D eigenvalue weighted by Gasteiger charge is -2.33. The van der Waals surface area contributed by atoms with Crippen molar-refractivity contribution in [1.82, 2.24) is 10.1 Å². The van der Waals surface area contributed by atoms with Gasteiger partial charge in [0, 0.05) is 5.92 Å². The first kappa shape index (κ1) is 13.9. The van der Waals surface area contributed by atoms with Crippen LogP contribution in [0.5, 0.6) is 5.75 Å². The smallest absolute Gasteiger partial charge is 0.324 e. The van der Waals surface area contributed by atoms with Gasteiger partial charge in [0.15, 0.2) is 5.82 Å². The summed E-state index contributed by atoms with van der Waals surface area (Å²) in [5.74, 6) is 1.72. The Labute approximate surface area is 123 Å². The van der Waals surface area contributed by atoms with Crippen LogP contribution in [0.1, 0.15) is 24.2 Å². The van der Waals surface area contributed by atoms with Crippen LogP contribution in [0.25, 0.3) is 0 Å². The highest BCUT2D eigenvalue weighted by atomic mass is 16.5. The lowest BCUT2D eigenvalue weighted by molar-refractivity contribution is 0.135. The maximum atomic E-state index is 9.29. The molecule has 112 valence electrons. The lowest BCUT2D eigenvalue weighted by Crippen LogP contribution is -2.51. The Bertz CT molecular complexity index is 590. The fourth-order valence-corrected chi connectivity index (χ4v) is 2.37. The topological polar surface area (TPSA) is 71.6 Å². The van der Waals surface area contributed by atoms with Crippen LogP contribution in [-0.2, 0) is 6.42 Å². The van der Waals surface area contributed by atoms with Crippen molar-refractivity contribution >= 4 is 6.01 Å². The first-order valence-electron chi connectivity index (χ1n) is 7.05. The molecule has 1 fully saturated rings. The molecule has 2 aromatic rings. The van der Waals surface area contributed by atoms with Crippen molar-refractivity contribution in [2.75, 3.05) is 25.1 Å². The summed E-state index contributed by atoms with van der Waals surface area (Å²) in [6.07, 6.45) is 0.558. The molecular weight excluding hydrogens is 270 g/mol. The zero-order chi connectivity index (χ0) is 14.8. The molecule has 6 nitrogen and oxygen atoms in total. The number of benzene rings is 1. The highest BCUT2D eigenvalue weighted by Crippen LogP contribution is 2.24. The van der Waals surface area contributed by atoms with Crippen molar-refractivity contribution in [1.29, 1.82) is 0 Å². The number of methoxy groups -OCH3 is 1. The molecule has 0 amide bonds. The number of β-amino-alcohol motifs (C(OH)–C–C–N with tert-alkyl or cyclic N) is 1. The van der Waals surface area contributed by atoms with E-state index < -0.39 is 0 Å². The van der Waals surface area contributed by atoms with Gasteiger partial charge in [-0.15, -0.1) is 0 Å². The molecule has 0 unspecified atom stereocenters. The monoisotopic (exact) mass is 289 g/mol. The van der Waals surface area contributed by atoms with Gasteiger partial charge in [0.1, 0.15) is 5.75 Å². The lowest BCUT2D eigenvalue weighted by atomic mass is 10.0. The van der Waals surface area contributed by atoms with Crippen molar-refractivity contribution < 1.29 is 14.4 Å². The number of anilines is 1. The first-order chi connectivity index (χ1) is 10.2. The van der Waals surface area contributed by atoms with Crippen molar-refractivity contribution in [2.24, 2.45) is 0 Å². The molecular formula is C15H19N3O3. The van der Waals surface area contributed by atoms with Gasteiger partial charge >= 0.3 is 6.01 Å². The third-order valence-electron chi connectivity index (χ3n) is 3.71. The average Bonchev–Trinajstić information content (AvgIpc) is 2.94. The van der Waals surface area contributed by atoms with Gasteiger partial charge in [-0.25, -0.2) is 0 Å². The summed E-state index contributed by atoms with van der Waals surface area (Å²) in [5.41, 5.74) is 1.20. The molecule has 1 aliphatic heterocycles. The Kier molecular flexibility index (Phi) is 3.79. The largest absolute Gasteiger partial charge is 0.497 e. The highest BCUT2D eigenvalue weighted by Gasteiger charge is 2.29. The van der Waals surface area contributed by atoms with Crippen molar-refractivity contribution in [3.8, 4) is 5.75 Å². The highest BCUT2D eigenvalue weighted by molar-refractivity contribution is 5.32. The van der Waals surface area contributed by atoms with E-state index in [1.54, 1.807) is 7.11 Å². The van der Waals surface area contributed by atoms with E-state index in [0.29, 0.717) is 24.9 Å². The maximum absolute atomic E-state index is 9.29. The van der Waals surface area contributed by atoms with Crippen LogP contribution in [-0.4, -0.2) is 41.6 Å². The minimum atomic E-state index is -0.280. The molecule has 0 aliphatic carbocycles. The molecule has 0 saturated carbocycles. The SMILES string of the molecule is COc1ccc(C[C@H](C)c2noc(N3CC(O)C3)n2)cc1. The molecule has 1 N–H and O–H groups in total. The van der Waals surface area contributed by atoms with E-state index in [0.717, 1.165) is 12.2 Å². The van der Waals surface area contributed by atoms with E-state index in [2.05, 4.69) is 17.1 Å². The van der Waals surface area contributed by atoms with E-state index >= 15 is 0 Å². The molecule has 21 heavy (non-hydrogen) atoms. The Morgan fingerprint density at radius 1 is 1.38 bits per heavy atom. The minimum absolute atomic E-state index is 0.169. The van der Waals surface area contributed by atoms with Gasteiger partial charge in [-0.1, -0.05) is 24.2 Å². The van der Waals surface area contributed by atoms with Gasteiger partial charge in [-0.2, -0.15) is 4.98 Å². The summed E-state index contributed by atoms with van der Waals surface area (Å²) in [6, 6.07) is 8.48. The average molecular weight is 289 g/mol. The molecule has 1 aromatic carbocycles. The normalized spacial score (nSPS) is 16.6. The fraction of sp³-hybridized carbons (Fsp3) is 0.467. The summed E-state index contributed by atoms with van der Waals surface area (Å²) in [6.45, 7) is 3.20. The number of rotatable bonds is 5. The summed E-state index contributed by atoms with van der Waals surface area (Å²) in [5, 5.41) is 13.3. The second kappa shape index (κ2) is 5.73. The zero-order valence-electron chi connectivity index (χ0n) is 12.2. The molecule has 2 heterocycles. The van der Waals surface area contributed by atoms with E-state index in [9.17, 15) is 5.11 Å². The van der Waals surface area contributed by atoms with Crippen molar-refractivity contribution in [2.45, 2.75) is 25.4 Å². The molecule has 1 aliphatic rings. The van der Waals surface area contributed by atoms with E-state index in [-0.39, 0.29) is 12.0 Å². The summed E-state index contributed by atoms with van der Waals surface area (Å²) < 4.78 is 10.4. The Hall–Kier alpha value is -2.08. The van der Waals surface area contributed by atoms with Crippen LogP contribution in [0.4, 0.5) is 6.01 Å². The van der Waals surface area contributed by atoms with E-state index in [4.69, 9.17) is 9.26 Å². The van der Waals surface area contributed by atoms with Gasteiger partial charge < -0.3 is 19.3 Å². The number of hydrogen-bond donors (Lipinski definition) is 1. The number of aromatic nitrogens is 2. The van der Waals surface area contributed by atoms with Crippen LogP contribution in [0.3, 0.4) is 0 Å². The predicted molar refractivity (Wildman–Crippen MR) is 77.6 cm³/mol. The third-order valence-corrected chi connectivity index (χ3v) is 3.71. The number of nitrogens with zero attached hydrogens (tertiary/aromatic N) is 3. The van der Waals surface area contributed by atoms with Crippen LogP contribution >= 0.6 is 0 Å². The molecule has 1 atom stereocenters. The molecule has 0 bridgehead atoms. The third kappa shape index (κ3) is 3.00. The number of aliphatic hydroxyl groups is 1. The van der Waals surface area contributed by atoms with Crippen LogP contribution < -0.4 is 9.64 Å². The predicted octanol–water partition coefficient (Wildman–Crippen LogP) is 1.61. The number of aliphatic hydroxyl groups excluding tert-OH is 1. The Morgan fingerprint density at radius 3 is 2.71 bits per heavy atom. The molecule has 1 aromatic heterocycles. The van der Waals surface area contributed by atoms with Gasteiger partial charge in [-0.05, 0) is 24.1 Å². The fourth-order valence-electron chi connectivity index (χ4n) is 2.37. The first-order valence-corrected chi connectivity index (χ1v) is 7.05.